The average molecular weight is 226 g/mol. The highest BCUT2D eigenvalue weighted by molar-refractivity contribution is 7.92. The summed E-state index contributed by atoms with van der Waals surface area (Å²) in [7, 11) is -3.17. The maximum Gasteiger partial charge on any atom is 0.184 e. The van der Waals surface area contributed by atoms with Gasteiger partial charge in [-0.15, -0.1) is 0 Å². The smallest absolute Gasteiger partial charge is 0.184 e. The van der Waals surface area contributed by atoms with E-state index in [0.29, 0.717) is 23.7 Å². The first kappa shape index (κ1) is 10.4. The molecule has 4 nitrogen and oxygen atoms in total. The Bertz CT molecular complexity index is 482. The van der Waals surface area contributed by atoms with Crippen molar-refractivity contribution in [1.29, 1.82) is 0 Å². The van der Waals surface area contributed by atoms with E-state index in [0.717, 1.165) is 5.56 Å². The first-order valence-corrected chi connectivity index (χ1v) is 6.41. The highest BCUT2D eigenvalue weighted by atomic mass is 32.2. The first-order valence-electron chi connectivity index (χ1n) is 4.87. The molecule has 0 saturated heterocycles. The summed E-state index contributed by atoms with van der Waals surface area (Å²) < 4.78 is 24.0. The van der Waals surface area contributed by atoms with E-state index in [4.69, 9.17) is 5.73 Å². The van der Waals surface area contributed by atoms with Gasteiger partial charge in [-0.2, -0.15) is 0 Å². The van der Waals surface area contributed by atoms with E-state index in [-0.39, 0.29) is 5.25 Å². The Morgan fingerprint density at radius 3 is 2.93 bits per heavy atom. The molecule has 1 aliphatic heterocycles. The molecule has 0 aliphatic carbocycles. The minimum Gasteiger partial charge on any atom is -0.382 e. The van der Waals surface area contributed by atoms with E-state index in [1.165, 1.54) is 0 Å². The molecule has 0 radical (unpaired) electrons. The molecule has 0 amide bonds. The number of nitrogens with two attached hydrogens (primary N) is 1. The van der Waals surface area contributed by atoms with Crippen molar-refractivity contribution in [2.24, 2.45) is 5.73 Å². The molecule has 2 rings (SSSR count). The molecule has 0 fully saturated rings. The monoisotopic (exact) mass is 226 g/mol. The molecule has 1 aliphatic rings. The maximum atomic E-state index is 12.0. The number of rotatable bonds is 1. The van der Waals surface area contributed by atoms with Crippen LogP contribution >= 0.6 is 0 Å². The van der Waals surface area contributed by atoms with Crippen molar-refractivity contribution in [2.75, 3.05) is 11.9 Å². The average Bonchev–Trinajstić information content (AvgIpc) is 2.23. The molecule has 1 unspecified atom stereocenters. The van der Waals surface area contributed by atoms with Crippen LogP contribution in [0, 0.1) is 0 Å². The molecule has 1 atom stereocenters. The van der Waals surface area contributed by atoms with Crippen LogP contribution in [0.4, 0.5) is 5.69 Å². The first-order chi connectivity index (χ1) is 7.07. The minimum atomic E-state index is -3.17. The third-order valence-corrected chi connectivity index (χ3v) is 4.91. The molecule has 3 N–H and O–H groups in total. The molecule has 1 heterocycles. The van der Waals surface area contributed by atoms with Gasteiger partial charge in [0, 0.05) is 13.1 Å². The summed E-state index contributed by atoms with van der Waals surface area (Å²) in [5, 5.41) is 2.75. The van der Waals surface area contributed by atoms with Crippen LogP contribution in [0.15, 0.2) is 23.1 Å². The molecule has 5 heteroatoms. The molecule has 0 saturated carbocycles. The van der Waals surface area contributed by atoms with Crippen molar-refractivity contribution < 1.29 is 8.42 Å². The third-order valence-electron chi connectivity index (χ3n) is 2.73. The second kappa shape index (κ2) is 3.50. The number of hydrogen-bond donors (Lipinski definition) is 2. The normalized spacial score (nSPS) is 22.9. The summed E-state index contributed by atoms with van der Waals surface area (Å²) in [4.78, 5) is 0.379. The molecular weight excluding hydrogens is 212 g/mol. The highest BCUT2D eigenvalue weighted by Gasteiger charge is 2.31. The van der Waals surface area contributed by atoms with E-state index in [9.17, 15) is 8.42 Å². The van der Waals surface area contributed by atoms with Crippen LogP contribution in [-0.4, -0.2) is 20.2 Å². The van der Waals surface area contributed by atoms with Gasteiger partial charge in [0.05, 0.1) is 15.8 Å². The fraction of sp³-hybridized carbons (Fsp3) is 0.400. The van der Waals surface area contributed by atoms with Gasteiger partial charge in [-0.05, 0) is 18.6 Å². The van der Waals surface area contributed by atoms with Gasteiger partial charge in [0.15, 0.2) is 9.84 Å². The Hall–Kier alpha value is -1.07. The Kier molecular flexibility index (Phi) is 2.44. The lowest BCUT2D eigenvalue weighted by Crippen LogP contribution is -2.32. The van der Waals surface area contributed by atoms with E-state index >= 15 is 0 Å². The van der Waals surface area contributed by atoms with Crippen LogP contribution in [0.5, 0.6) is 0 Å². The van der Waals surface area contributed by atoms with Gasteiger partial charge in [-0.3, -0.25) is 0 Å². The van der Waals surface area contributed by atoms with Crippen LogP contribution in [0.2, 0.25) is 0 Å². The van der Waals surface area contributed by atoms with E-state index < -0.39 is 9.84 Å². The zero-order valence-corrected chi connectivity index (χ0v) is 9.34. The van der Waals surface area contributed by atoms with Gasteiger partial charge in [-0.25, -0.2) is 8.42 Å². The van der Waals surface area contributed by atoms with Crippen molar-refractivity contribution >= 4 is 15.5 Å². The Balaban J connectivity index is 2.67. The van der Waals surface area contributed by atoms with Gasteiger partial charge < -0.3 is 11.1 Å². The predicted octanol–water partition coefficient (Wildman–Crippen LogP) is 0.733. The molecule has 0 spiro atoms. The van der Waals surface area contributed by atoms with E-state index in [1.807, 2.05) is 6.07 Å². The van der Waals surface area contributed by atoms with Crippen molar-refractivity contribution in [3.8, 4) is 0 Å². The lowest BCUT2D eigenvalue weighted by atomic mass is 10.1. The number of anilines is 1. The standard InChI is InChI=1S/C10H14N2O2S/c1-7-6-12-10-8(5-11)3-2-4-9(10)15(7,13)14/h2-4,7,12H,5-6,11H2,1H3. The Labute approximate surface area is 89.4 Å². The predicted molar refractivity (Wildman–Crippen MR) is 59.5 cm³/mol. The number of para-hydroxylation sites is 1. The quantitative estimate of drug-likeness (QED) is 0.740. The van der Waals surface area contributed by atoms with Crippen molar-refractivity contribution in [3.05, 3.63) is 23.8 Å². The van der Waals surface area contributed by atoms with Crippen LogP contribution in [0.25, 0.3) is 0 Å². The highest BCUT2D eigenvalue weighted by Crippen LogP contribution is 2.32. The molecule has 0 aromatic heterocycles. The van der Waals surface area contributed by atoms with Crippen molar-refractivity contribution in [1.82, 2.24) is 0 Å². The molecule has 1 aromatic rings. The summed E-state index contributed by atoms with van der Waals surface area (Å²) >= 11 is 0. The van der Waals surface area contributed by atoms with Gasteiger partial charge in [-0.1, -0.05) is 12.1 Å². The van der Waals surface area contributed by atoms with Crippen LogP contribution < -0.4 is 11.1 Å². The number of nitrogens with one attached hydrogen (secondary N) is 1. The Morgan fingerprint density at radius 1 is 1.53 bits per heavy atom. The molecule has 15 heavy (non-hydrogen) atoms. The second-order valence-electron chi connectivity index (χ2n) is 3.73. The molecule has 0 bridgehead atoms. The molecule has 82 valence electrons. The summed E-state index contributed by atoms with van der Waals surface area (Å²) in [6.45, 7) is 2.51. The number of sulfone groups is 1. The summed E-state index contributed by atoms with van der Waals surface area (Å²) in [5.41, 5.74) is 7.09. The van der Waals surface area contributed by atoms with Crippen molar-refractivity contribution in [2.45, 2.75) is 23.6 Å². The van der Waals surface area contributed by atoms with Gasteiger partial charge >= 0.3 is 0 Å². The SMILES string of the molecule is CC1CNc2c(CN)cccc2S1(=O)=O. The maximum absolute atomic E-state index is 12.0. The van der Waals surface area contributed by atoms with E-state index in [1.54, 1.807) is 19.1 Å². The largest absolute Gasteiger partial charge is 0.382 e. The minimum absolute atomic E-state index is 0.347. The van der Waals surface area contributed by atoms with Gasteiger partial charge in [0.2, 0.25) is 0 Å². The number of hydrogen-bond acceptors (Lipinski definition) is 4. The van der Waals surface area contributed by atoms with E-state index in [2.05, 4.69) is 5.32 Å². The zero-order chi connectivity index (χ0) is 11.1. The van der Waals surface area contributed by atoms with Gasteiger partial charge in [0.25, 0.3) is 0 Å². The Morgan fingerprint density at radius 2 is 2.27 bits per heavy atom. The number of fused-ring (bicyclic) bond motifs is 1. The zero-order valence-electron chi connectivity index (χ0n) is 8.53. The second-order valence-corrected chi connectivity index (χ2v) is 6.07. The topological polar surface area (TPSA) is 72.2 Å². The van der Waals surface area contributed by atoms with Crippen LogP contribution in [-0.2, 0) is 16.4 Å². The van der Waals surface area contributed by atoms with Crippen molar-refractivity contribution in [3.63, 3.8) is 0 Å². The third kappa shape index (κ3) is 1.52. The summed E-state index contributed by atoms with van der Waals surface area (Å²) in [6, 6.07) is 5.21. The van der Waals surface area contributed by atoms with Gasteiger partial charge in [0.1, 0.15) is 0 Å². The van der Waals surface area contributed by atoms with Crippen LogP contribution in [0.3, 0.4) is 0 Å². The van der Waals surface area contributed by atoms with Crippen LogP contribution in [0.1, 0.15) is 12.5 Å². The summed E-state index contributed by atoms with van der Waals surface area (Å²) in [6.07, 6.45) is 0. The lowest BCUT2D eigenvalue weighted by Gasteiger charge is -2.25. The summed E-state index contributed by atoms with van der Waals surface area (Å²) in [5.74, 6) is 0. The molecular formula is C10H14N2O2S. The fourth-order valence-electron chi connectivity index (χ4n) is 1.76. The molecule has 1 aromatic carbocycles. The number of benzene rings is 1. The fourth-order valence-corrected chi connectivity index (χ4v) is 3.25. The lowest BCUT2D eigenvalue weighted by molar-refractivity contribution is 0.582.